The first kappa shape index (κ1) is 23.8. The van der Waals surface area contributed by atoms with Gasteiger partial charge < -0.3 is 9.88 Å². The summed E-state index contributed by atoms with van der Waals surface area (Å²) in [6.45, 7) is 9.79. The predicted molar refractivity (Wildman–Crippen MR) is 120 cm³/mol. The Labute approximate surface area is 186 Å². The van der Waals surface area contributed by atoms with Crippen LogP contribution in [-0.2, 0) is 23.9 Å². The lowest BCUT2D eigenvalue weighted by molar-refractivity contribution is -0.137. The van der Waals surface area contributed by atoms with Gasteiger partial charge in [0, 0.05) is 11.8 Å². The van der Waals surface area contributed by atoms with E-state index in [4.69, 9.17) is 9.97 Å². The van der Waals surface area contributed by atoms with Crippen LogP contribution in [0.15, 0.2) is 30.3 Å². The number of aryl methyl sites for hydroxylation is 2. The van der Waals surface area contributed by atoms with Crippen molar-refractivity contribution in [3.05, 3.63) is 53.0 Å². The van der Waals surface area contributed by atoms with Gasteiger partial charge in [-0.25, -0.2) is 9.97 Å². The van der Waals surface area contributed by atoms with Crippen LogP contribution >= 0.6 is 0 Å². The Morgan fingerprint density at radius 3 is 2.31 bits per heavy atom. The van der Waals surface area contributed by atoms with Crippen molar-refractivity contribution in [2.24, 2.45) is 5.41 Å². The lowest BCUT2D eigenvalue weighted by Crippen LogP contribution is -2.28. The number of amides is 1. The number of nitrogens with zero attached hydrogens (tertiary/aromatic N) is 3. The second-order valence-corrected chi connectivity index (χ2v) is 9.08. The first-order valence-electron chi connectivity index (χ1n) is 10.7. The molecule has 3 aromatic rings. The number of pyridine rings is 1. The number of rotatable bonds is 6. The smallest absolute Gasteiger partial charge is 0.324 e. The average Bonchev–Trinajstić information content (AvgIpc) is 3.02. The Kier molecular flexibility index (Phi) is 6.62. The number of nitrogens with one attached hydrogen (secondary N) is 1. The van der Waals surface area contributed by atoms with Gasteiger partial charge in [0.2, 0.25) is 5.91 Å². The number of aromatic nitrogens is 3. The van der Waals surface area contributed by atoms with Crippen LogP contribution in [0.2, 0.25) is 0 Å². The molecule has 2 aromatic heterocycles. The van der Waals surface area contributed by atoms with E-state index in [9.17, 15) is 18.0 Å². The first-order chi connectivity index (χ1) is 14.9. The van der Waals surface area contributed by atoms with E-state index in [0.717, 1.165) is 42.8 Å². The van der Waals surface area contributed by atoms with Crippen molar-refractivity contribution < 1.29 is 18.0 Å². The fourth-order valence-corrected chi connectivity index (χ4v) is 3.29. The maximum atomic E-state index is 12.9. The second kappa shape index (κ2) is 8.92. The fraction of sp³-hybridized carbons (Fsp3) is 0.458. The highest BCUT2D eigenvalue weighted by Gasteiger charge is 2.30. The summed E-state index contributed by atoms with van der Waals surface area (Å²) >= 11 is 0. The largest absolute Gasteiger partial charge is 0.416 e. The van der Waals surface area contributed by atoms with Gasteiger partial charge >= 0.3 is 6.18 Å². The zero-order valence-corrected chi connectivity index (χ0v) is 19.1. The number of halogens is 3. The normalized spacial score (nSPS) is 12.4. The lowest BCUT2D eigenvalue weighted by Gasteiger charge is -2.18. The molecule has 2 heterocycles. The topological polar surface area (TPSA) is 59.8 Å². The van der Waals surface area contributed by atoms with Crippen molar-refractivity contribution in [1.82, 2.24) is 14.5 Å². The molecule has 0 atom stereocenters. The highest BCUT2D eigenvalue weighted by molar-refractivity contribution is 5.96. The van der Waals surface area contributed by atoms with Gasteiger partial charge in [0.05, 0.1) is 23.5 Å². The highest BCUT2D eigenvalue weighted by atomic mass is 19.4. The summed E-state index contributed by atoms with van der Waals surface area (Å²) < 4.78 is 40.7. The molecule has 1 aromatic carbocycles. The molecule has 0 aliphatic carbocycles. The van der Waals surface area contributed by atoms with Crippen LogP contribution in [0.25, 0.3) is 11.2 Å². The molecule has 0 radical (unpaired) electrons. The molecule has 0 saturated heterocycles. The SMILES string of the molecule is CCCCc1nc2cc(NC(=O)C(C)(C)C)c(C)nc2n1Cc1ccc(C(F)(F)F)cc1. The third-order valence-corrected chi connectivity index (χ3v) is 5.30. The Morgan fingerprint density at radius 1 is 1.09 bits per heavy atom. The predicted octanol–water partition coefficient (Wildman–Crippen LogP) is 6.13. The lowest BCUT2D eigenvalue weighted by atomic mass is 9.95. The molecule has 0 spiro atoms. The number of hydrogen-bond acceptors (Lipinski definition) is 3. The molecule has 0 aliphatic heterocycles. The van der Waals surface area contributed by atoms with Gasteiger partial charge in [0.25, 0.3) is 0 Å². The summed E-state index contributed by atoms with van der Waals surface area (Å²) in [5, 5.41) is 2.93. The highest BCUT2D eigenvalue weighted by Crippen LogP contribution is 2.30. The third-order valence-electron chi connectivity index (χ3n) is 5.30. The van der Waals surface area contributed by atoms with Gasteiger partial charge in [-0.05, 0) is 37.1 Å². The Bertz CT molecular complexity index is 1110. The average molecular weight is 447 g/mol. The van der Waals surface area contributed by atoms with Crippen LogP contribution in [0.1, 0.15) is 63.2 Å². The van der Waals surface area contributed by atoms with E-state index in [-0.39, 0.29) is 5.91 Å². The van der Waals surface area contributed by atoms with E-state index in [1.165, 1.54) is 12.1 Å². The van der Waals surface area contributed by atoms with Gasteiger partial charge in [0.1, 0.15) is 11.3 Å². The van der Waals surface area contributed by atoms with E-state index < -0.39 is 17.2 Å². The van der Waals surface area contributed by atoms with E-state index >= 15 is 0 Å². The molecule has 0 unspecified atom stereocenters. The van der Waals surface area contributed by atoms with Gasteiger partial charge in [-0.15, -0.1) is 0 Å². The molecular formula is C24H29F3N4O. The Balaban J connectivity index is 2.00. The first-order valence-corrected chi connectivity index (χ1v) is 10.7. The summed E-state index contributed by atoms with van der Waals surface area (Å²) in [6.07, 6.45) is -1.71. The second-order valence-electron chi connectivity index (χ2n) is 9.08. The van der Waals surface area contributed by atoms with E-state index in [1.807, 2.05) is 38.3 Å². The molecule has 172 valence electrons. The molecule has 0 bridgehead atoms. The zero-order valence-electron chi connectivity index (χ0n) is 19.1. The third kappa shape index (κ3) is 5.29. The minimum absolute atomic E-state index is 0.114. The Morgan fingerprint density at radius 2 is 1.75 bits per heavy atom. The summed E-state index contributed by atoms with van der Waals surface area (Å²) in [5.74, 6) is 0.713. The van der Waals surface area contributed by atoms with Crippen LogP contribution in [0, 0.1) is 12.3 Å². The molecule has 8 heteroatoms. The van der Waals surface area contributed by atoms with E-state index in [2.05, 4.69) is 12.2 Å². The quantitative estimate of drug-likeness (QED) is 0.495. The van der Waals surface area contributed by atoms with Crippen molar-refractivity contribution in [2.75, 3.05) is 5.32 Å². The van der Waals surface area contributed by atoms with Crippen molar-refractivity contribution in [1.29, 1.82) is 0 Å². The molecule has 1 amide bonds. The van der Waals surface area contributed by atoms with Gasteiger partial charge in [-0.3, -0.25) is 4.79 Å². The van der Waals surface area contributed by atoms with E-state index in [1.54, 1.807) is 0 Å². The van der Waals surface area contributed by atoms with Crippen LogP contribution in [0.5, 0.6) is 0 Å². The molecule has 1 N–H and O–H groups in total. The fourth-order valence-electron chi connectivity index (χ4n) is 3.29. The van der Waals surface area contributed by atoms with Crippen molar-refractivity contribution >= 4 is 22.8 Å². The number of imidazole rings is 1. The summed E-state index contributed by atoms with van der Waals surface area (Å²) in [7, 11) is 0. The van der Waals surface area contributed by atoms with Gasteiger partial charge in [-0.1, -0.05) is 46.2 Å². The van der Waals surface area contributed by atoms with Crippen molar-refractivity contribution in [3.8, 4) is 0 Å². The minimum Gasteiger partial charge on any atom is -0.324 e. The summed E-state index contributed by atoms with van der Waals surface area (Å²) in [6, 6.07) is 6.99. The Hall–Kier alpha value is -2.90. The number of fused-ring (bicyclic) bond motifs is 1. The summed E-state index contributed by atoms with van der Waals surface area (Å²) in [5.41, 5.74) is 2.09. The number of hydrogen-bond donors (Lipinski definition) is 1. The number of anilines is 1. The minimum atomic E-state index is -4.36. The number of carbonyl (C=O) groups excluding carboxylic acids is 1. The van der Waals surface area contributed by atoms with Crippen LogP contribution in [0.4, 0.5) is 18.9 Å². The van der Waals surface area contributed by atoms with Crippen LogP contribution in [-0.4, -0.2) is 20.4 Å². The monoisotopic (exact) mass is 446 g/mol. The number of benzene rings is 1. The molecule has 0 saturated carbocycles. The molecule has 0 fully saturated rings. The molecule has 32 heavy (non-hydrogen) atoms. The molecule has 0 aliphatic rings. The zero-order chi connectivity index (χ0) is 23.7. The van der Waals surface area contributed by atoms with Crippen LogP contribution in [0.3, 0.4) is 0 Å². The van der Waals surface area contributed by atoms with E-state index in [0.29, 0.717) is 29.1 Å². The number of alkyl halides is 3. The maximum Gasteiger partial charge on any atom is 0.416 e. The van der Waals surface area contributed by atoms with Crippen molar-refractivity contribution in [2.45, 2.75) is 66.6 Å². The molecular weight excluding hydrogens is 417 g/mol. The number of carbonyl (C=O) groups is 1. The van der Waals surface area contributed by atoms with Crippen LogP contribution < -0.4 is 5.32 Å². The standard InChI is InChI=1S/C24H29F3N4O/c1-6-7-8-20-29-19-13-18(30-22(32)23(3,4)5)15(2)28-21(19)31(20)14-16-9-11-17(12-10-16)24(25,26)27/h9-13H,6-8,14H2,1-5H3,(H,30,32). The van der Waals surface area contributed by atoms with Gasteiger partial charge in [-0.2, -0.15) is 13.2 Å². The molecule has 5 nitrogen and oxygen atoms in total. The van der Waals surface area contributed by atoms with Crippen molar-refractivity contribution in [3.63, 3.8) is 0 Å². The number of unbranched alkanes of at least 4 members (excludes halogenated alkanes) is 1. The summed E-state index contributed by atoms with van der Waals surface area (Å²) in [4.78, 5) is 21.9. The maximum absolute atomic E-state index is 12.9. The van der Waals surface area contributed by atoms with Gasteiger partial charge in [0.15, 0.2) is 5.65 Å². The molecule has 3 rings (SSSR count).